The van der Waals surface area contributed by atoms with Crippen molar-refractivity contribution in [2.45, 2.75) is 12.8 Å². The molecule has 0 radical (unpaired) electrons. The molecule has 1 unspecified atom stereocenters. The summed E-state index contributed by atoms with van der Waals surface area (Å²) in [6, 6.07) is 8.12. The Hall–Kier alpha value is -0.820. The fourth-order valence-electron chi connectivity index (χ4n) is 1.17. The van der Waals surface area contributed by atoms with Crippen LogP contribution in [0.3, 0.4) is 0 Å². The predicted molar refractivity (Wildman–Crippen MR) is 62.5 cm³/mol. The molecule has 0 aliphatic carbocycles. The standard InChI is InChI=1S/C11H10IN/c1-3-8(2)9-5-4-6-11(12)10(9)7-13/h3-6,8H,1H2,2H3. The van der Waals surface area contributed by atoms with Crippen molar-refractivity contribution >= 4 is 22.6 Å². The van der Waals surface area contributed by atoms with E-state index in [1.54, 1.807) is 0 Å². The first-order valence-corrected chi connectivity index (χ1v) is 5.09. The molecule has 0 saturated carbocycles. The van der Waals surface area contributed by atoms with Crippen molar-refractivity contribution in [3.63, 3.8) is 0 Å². The van der Waals surface area contributed by atoms with Crippen molar-refractivity contribution in [2.75, 3.05) is 0 Å². The molecule has 1 rings (SSSR count). The average molecular weight is 283 g/mol. The number of nitriles is 1. The van der Waals surface area contributed by atoms with E-state index in [4.69, 9.17) is 5.26 Å². The zero-order chi connectivity index (χ0) is 9.84. The largest absolute Gasteiger partial charge is 0.192 e. The van der Waals surface area contributed by atoms with Crippen molar-refractivity contribution in [3.8, 4) is 6.07 Å². The van der Waals surface area contributed by atoms with E-state index < -0.39 is 0 Å². The van der Waals surface area contributed by atoms with Crippen molar-refractivity contribution in [1.82, 2.24) is 0 Å². The molecular formula is C11H10IN. The van der Waals surface area contributed by atoms with Gasteiger partial charge in [0.25, 0.3) is 0 Å². The van der Waals surface area contributed by atoms with Gasteiger partial charge in [-0.05, 0) is 34.2 Å². The van der Waals surface area contributed by atoms with E-state index in [1.165, 1.54) is 0 Å². The van der Waals surface area contributed by atoms with Gasteiger partial charge in [0.05, 0.1) is 5.56 Å². The minimum absolute atomic E-state index is 0.240. The predicted octanol–water partition coefficient (Wildman–Crippen LogP) is 3.45. The van der Waals surface area contributed by atoms with Gasteiger partial charge in [-0.15, -0.1) is 6.58 Å². The van der Waals surface area contributed by atoms with Crippen LogP contribution >= 0.6 is 22.6 Å². The molecule has 0 amide bonds. The number of nitrogens with zero attached hydrogens (tertiary/aromatic N) is 1. The molecular weight excluding hydrogens is 273 g/mol. The zero-order valence-corrected chi connectivity index (χ0v) is 9.58. The van der Waals surface area contributed by atoms with E-state index in [0.717, 1.165) is 14.7 Å². The maximum absolute atomic E-state index is 8.95. The lowest BCUT2D eigenvalue weighted by molar-refractivity contribution is 0.963. The first-order chi connectivity index (χ1) is 6.20. The van der Waals surface area contributed by atoms with Crippen LogP contribution in [-0.2, 0) is 0 Å². The van der Waals surface area contributed by atoms with Crippen LogP contribution in [0, 0.1) is 14.9 Å². The highest BCUT2D eigenvalue weighted by atomic mass is 127. The van der Waals surface area contributed by atoms with Gasteiger partial charge in [0.1, 0.15) is 6.07 Å². The van der Waals surface area contributed by atoms with Crippen LogP contribution in [0.2, 0.25) is 0 Å². The molecule has 2 heteroatoms. The number of halogens is 1. The molecule has 0 aromatic heterocycles. The molecule has 0 saturated heterocycles. The topological polar surface area (TPSA) is 23.8 Å². The zero-order valence-electron chi connectivity index (χ0n) is 7.42. The number of hydrogen-bond acceptors (Lipinski definition) is 1. The van der Waals surface area contributed by atoms with Crippen molar-refractivity contribution in [3.05, 3.63) is 45.6 Å². The van der Waals surface area contributed by atoms with Gasteiger partial charge in [-0.3, -0.25) is 0 Å². The van der Waals surface area contributed by atoms with Gasteiger partial charge in [0.15, 0.2) is 0 Å². The lowest BCUT2D eigenvalue weighted by Crippen LogP contribution is -1.95. The molecule has 0 heterocycles. The minimum atomic E-state index is 0.240. The second-order valence-corrected chi connectivity index (χ2v) is 4.00. The molecule has 0 aliphatic heterocycles. The van der Waals surface area contributed by atoms with Crippen LogP contribution in [0.5, 0.6) is 0 Å². The summed E-state index contributed by atoms with van der Waals surface area (Å²) < 4.78 is 1.01. The van der Waals surface area contributed by atoms with Crippen LogP contribution in [0.25, 0.3) is 0 Å². The van der Waals surface area contributed by atoms with Crippen molar-refractivity contribution < 1.29 is 0 Å². The summed E-state index contributed by atoms with van der Waals surface area (Å²) in [5, 5.41) is 8.95. The number of hydrogen-bond donors (Lipinski definition) is 0. The summed E-state index contributed by atoms with van der Waals surface area (Å²) in [4.78, 5) is 0. The van der Waals surface area contributed by atoms with Crippen molar-refractivity contribution in [2.24, 2.45) is 0 Å². The van der Waals surface area contributed by atoms with Gasteiger partial charge in [0.2, 0.25) is 0 Å². The Morgan fingerprint density at radius 1 is 1.62 bits per heavy atom. The lowest BCUT2D eigenvalue weighted by Gasteiger charge is -2.09. The first kappa shape index (κ1) is 10.3. The van der Waals surface area contributed by atoms with Gasteiger partial charge in [-0.25, -0.2) is 0 Å². The summed E-state index contributed by atoms with van der Waals surface area (Å²) in [7, 11) is 0. The van der Waals surface area contributed by atoms with Crippen LogP contribution in [0.4, 0.5) is 0 Å². The van der Waals surface area contributed by atoms with Crippen LogP contribution in [-0.4, -0.2) is 0 Å². The highest BCUT2D eigenvalue weighted by Gasteiger charge is 2.09. The van der Waals surface area contributed by atoms with E-state index in [1.807, 2.05) is 31.2 Å². The van der Waals surface area contributed by atoms with E-state index in [0.29, 0.717) is 0 Å². The summed E-state index contributed by atoms with van der Waals surface area (Å²) in [6.45, 7) is 5.77. The van der Waals surface area contributed by atoms with Crippen LogP contribution < -0.4 is 0 Å². The fraction of sp³-hybridized carbons (Fsp3) is 0.182. The number of rotatable bonds is 2. The van der Waals surface area contributed by atoms with Crippen LogP contribution in [0.1, 0.15) is 24.0 Å². The van der Waals surface area contributed by atoms with Gasteiger partial charge in [-0.1, -0.05) is 25.1 Å². The maximum Gasteiger partial charge on any atom is 0.101 e. The number of benzene rings is 1. The molecule has 1 aromatic rings. The first-order valence-electron chi connectivity index (χ1n) is 4.01. The Morgan fingerprint density at radius 3 is 2.85 bits per heavy atom. The monoisotopic (exact) mass is 283 g/mol. The Bertz CT molecular complexity index is 363. The third-order valence-corrected chi connectivity index (χ3v) is 2.90. The highest BCUT2D eigenvalue weighted by Crippen LogP contribution is 2.23. The number of allylic oxidation sites excluding steroid dienone is 1. The molecule has 0 spiro atoms. The molecule has 1 atom stereocenters. The van der Waals surface area contributed by atoms with Gasteiger partial charge >= 0.3 is 0 Å². The average Bonchev–Trinajstić information content (AvgIpc) is 2.16. The quantitative estimate of drug-likeness (QED) is 0.602. The molecule has 66 valence electrons. The smallest absolute Gasteiger partial charge is 0.101 e. The Labute approximate surface area is 92.2 Å². The molecule has 13 heavy (non-hydrogen) atoms. The second-order valence-electron chi connectivity index (χ2n) is 2.84. The van der Waals surface area contributed by atoms with E-state index in [9.17, 15) is 0 Å². The minimum Gasteiger partial charge on any atom is -0.192 e. The van der Waals surface area contributed by atoms with Crippen LogP contribution in [0.15, 0.2) is 30.9 Å². The molecule has 0 aliphatic rings. The maximum atomic E-state index is 8.95. The van der Waals surface area contributed by atoms with Gasteiger partial charge in [-0.2, -0.15) is 5.26 Å². The summed E-state index contributed by atoms with van der Waals surface area (Å²) in [6.07, 6.45) is 1.85. The normalized spacial score (nSPS) is 11.8. The summed E-state index contributed by atoms with van der Waals surface area (Å²) in [5.41, 5.74) is 1.83. The van der Waals surface area contributed by atoms with Gasteiger partial charge in [0, 0.05) is 9.49 Å². The third-order valence-electron chi connectivity index (χ3n) is 2.00. The van der Waals surface area contributed by atoms with Gasteiger partial charge < -0.3 is 0 Å². The lowest BCUT2D eigenvalue weighted by atomic mass is 9.97. The van der Waals surface area contributed by atoms with E-state index in [-0.39, 0.29) is 5.92 Å². The summed E-state index contributed by atoms with van der Waals surface area (Å²) >= 11 is 2.18. The Balaban J connectivity index is 3.29. The van der Waals surface area contributed by atoms with Crippen molar-refractivity contribution in [1.29, 1.82) is 5.26 Å². The van der Waals surface area contributed by atoms with E-state index >= 15 is 0 Å². The fourth-order valence-corrected chi connectivity index (χ4v) is 1.80. The molecule has 0 fully saturated rings. The Kier molecular flexibility index (Phi) is 3.49. The SMILES string of the molecule is C=CC(C)c1cccc(I)c1C#N. The summed E-state index contributed by atoms with van der Waals surface area (Å²) in [5.74, 6) is 0.240. The Morgan fingerprint density at radius 2 is 2.31 bits per heavy atom. The molecule has 1 aromatic carbocycles. The second kappa shape index (κ2) is 4.43. The highest BCUT2D eigenvalue weighted by molar-refractivity contribution is 14.1. The van der Waals surface area contributed by atoms with E-state index in [2.05, 4.69) is 35.2 Å². The molecule has 1 nitrogen and oxygen atoms in total. The molecule has 0 N–H and O–H groups in total. The third kappa shape index (κ3) is 2.10. The molecule has 0 bridgehead atoms.